The van der Waals surface area contributed by atoms with Crippen LogP contribution in [-0.2, 0) is 6.54 Å². The molecule has 0 atom stereocenters. The minimum Gasteiger partial charge on any atom is -0.296 e. The lowest BCUT2D eigenvalue weighted by atomic mass is 10.1. The molecule has 0 aliphatic rings. The van der Waals surface area contributed by atoms with E-state index in [1.54, 1.807) is 12.3 Å². The average molecular weight is 393 g/mol. The van der Waals surface area contributed by atoms with Gasteiger partial charge in [-0.1, -0.05) is 6.07 Å². The maximum atomic E-state index is 12.6. The Kier molecular flexibility index (Phi) is 4.74. The number of amides is 1. The highest BCUT2D eigenvalue weighted by Crippen LogP contribution is 2.27. The fourth-order valence-electron chi connectivity index (χ4n) is 3.07. The van der Waals surface area contributed by atoms with E-state index in [2.05, 4.69) is 30.6 Å². The van der Waals surface area contributed by atoms with Crippen molar-refractivity contribution in [3.8, 4) is 22.6 Å². The summed E-state index contributed by atoms with van der Waals surface area (Å²) in [7, 11) is 0. The molecule has 0 fully saturated rings. The number of nitrogens with one attached hydrogen (secondary N) is 2. The van der Waals surface area contributed by atoms with Crippen LogP contribution in [0.3, 0.4) is 0 Å². The normalized spacial score (nSPS) is 11.0. The summed E-state index contributed by atoms with van der Waals surface area (Å²) in [6.45, 7) is 6.77. The number of H-pyrrole nitrogens is 1. The zero-order valence-electron chi connectivity index (χ0n) is 15.7. The maximum absolute atomic E-state index is 12.6. The van der Waals surface area contributed by atoms with Gasteiger partial charge in [0.05, 0.1) is 17.1 Å². The van der Waals surface area contributed by atoms with E-state index < -0.39 is 0 Å². The number of aryl methyl sites for hydroxylation is 2. The molecule has 0 aliphatic carbocycles. The lowest BCUT2D eigenvalue weighted by molar-refractivity contribution is 0.102. The van der Waals surface area contributed by atoms with Gasteiger partial charge in [-0.25, -0.2) is 4.98 Å². The number of aromatic amines is 1. The number of rotatable bonds is 5. The molecule has 0 aliphatic heterocycles. The Morgan fingerprint density at radius 3 is 2.82 bits per heavy atom. The predicted octanol–water partition coefficient (Wildman–Crippen LogP) is 3.68. The summed E-state index contributed by atoms with van der Waals surface area (Å²) in [5.41, 5.74) is 5.42. The van der Waals surface area contributed by atoms with Crippen LogP contribution in [0.5, 0.6) is 0 Å². The van der Waals surface area contributed by atoms with Crippen molar-refractivity contribution in [3.05, 3.63) is 52.9 Å². The lowest BCUT2D eigenvalue weighted by Crippen LogP contribution is -2.12. The van der Waals surface area contributed by atoms with Gasteiger partial charge < -0.3 is 0 Å². The number of thiazole rings is 1. The number of aromatic nitrogens is 6. The van der Waals surface area contributed by atoms with Crippen LogP contribution in [0.4, 0.5) is 5.13 Å². The Hall–Kier alpha value is -3.33. The Morgan fingerprint density at radius 1 is 1.25 bits per heavy atom. The third-order valence-electron chi connectivity index (χ3n) is 4.41. The topological polar surface area (TPSA) is 101 Å². The minimum atomic E-state index is -0.293. The second-order valence-corrected chi connectivity index (χ2v) is 7.09. The molecule has 4 aromatic rings. The zero-order valence-corrected chi connectivity index (χ0v) is 16.5. The molecule has 4 rings (SSSR count). The molecule has 2 N–H and O–H groups in total. The molecular formula is C19H19N7OS. The summed E-state index contributed by atoms with van der Waals surface area (Å²) in [4.78, 5) is 21.3. The summed E-state index contributed by atoms with van der Waals surface area (Å²) in [5.74, 6) is -0.293. The summed E-state index contributed by atoms with van der Waals surface area (Å²) in [6.07, 6.45) is 1.71. The van der Waals surface area contributed by atoms with Crippen molar-refractivity contribution in [1.29, 1.82) is 0 Å². The second kappa shape index (κ2) is 7.35. The average Bonchev–Trinajstić information content (AvgIpc) is 3.42. The van der Waals surface area contributed by atoms with E-state index in [9.17, 15) is 4.79 Å². The van der Waals surface area contributed by atoms with Crippen molar-refractivity contribution in [2.75, 3.05) is 5.32 Å². The Morgan fingerprint density at radius 2 is 2.11 bits per heavy atom. The molecule has 0 aromatic carbocycles. The highest BCUT2D eigenvalue weighted by molar-refractivity contribution is 7.14. The van der Waals surface area contributed by atoms with Gasteiger partial charge in [0.1, 0.15) is 11.4 Å². The fourth-order valence-corrected chi connectivity index (χ4v) is 3.77. The summed E-state index contributed by atoms with van der Waals surface area (Å²) in [5, 5.41) is 16.8. The smallest absolute Gasteiger partial charge is 0.275 e. The van der Waals surface area contributed by atoms with E-state index in [1.165, 1.54) is 11.3 Å². The van der Waals surface area contributed by atoms with Crippen LogP contribution < -0.4 is 5.32 Å². The molecule has 1 amide bonds. The van der Waals surface area contributed by atoms with Crippen LogP contribution in [0, 0.1) is 13.8 Å². The van der Waals surface area contributed by atoms with Crippen LogP contribution >= 0.6 is 11.3 Å². The minimum absolute atomic E-state index is 0.293. The number of anilines is 1. The molecule has 4 aromatic heterocycles. The molecule has 142 valence electrons. The number of hydrogen-bond donors (Lipinski definition) is 2. The molecule has 28 heavy (non-hydrogen) atoms. The number of nitrogens with zero attached hydrogens (tertiary/aromatic N) is 5. The van der Waals surface area contributed by atoms with Crippen LogP contribution in [0.25, 0.3) is 22.6 Å². The van der Waals surface area contributed by atoms with Gasteiger partial charge in [-0.3, -0.25) is 24.9 Å². The standard InChI is InChI=1S/C19H19N7OS/c1-4-26-12(3)17(11(2)25-26)14-9-15(24-23-14)18(27)22-19-21-16(10-28-19)13-7-5-6-8-20-13/h5-10H,4H2,1-3H3,(H,23,24)(H,21,22,27). The predicted molar refractivity (Wildman–Crippen MR) is 108 cm³/mol. The first-order valence-corrected chi connectivity index (χ1v) is 9.73. The van der Waals surface area contributed by atoms with Crippen LogP contribution in [0.2, 0.25) is 0 Å². The van der Waals surface area contributed by atoms with Crippen LogP contribution in [0.1, 0.15) is 28.8 Å². The molecule has 8 nitrogen and oxygen atoms in total. The van der Waals surface area contributed by atoms with Gasteiger partial charge in [-0.15, -0.1) is 11.3 Å². The first-order chi connectivity index (χ1) is 13.6. The van der Waals surface area contributed by atoms with Gasteiger partial charge in [-0.05, 0) is 39.0 Å². The van der Waals surface area contributed by atoms with E-state index >= 15 is 0 Å². The second-order valence-electron chi connectivity index (χ2n) is 6.24. The Labute approximate surface area is 165 Å². The molecule has 0 radical (unpaired) electrons. The third-order valence-corrected chi connectivity index (χ3v) is 5.17. The quantitative estimate of drug-likeness (QED) is 0.539. The third kappa shape index (κ3) is 3.31. The van der Waals surface area contributed by atoms with Crippen molar-refractivity contribution < 1.29 is 4.79 Å². The van der Waals surface area contributed by atoms with Gasteiger partial charge in [0.25, 0.3) is 5.91 Å². The molecule has 0 saturated heterocycles. The molecule has 9 heteroatoms. The fraction of sp³-hybridized carbons (Fsp3) is 0.211. The highest BCUT2D eigenvalue weighted by atomic mass is 32.1. The molecule has 0 unspecified atom stereocenters. The first-order valence-electron chi connectivity index (χ1n) is 8.85. The number of hydrogen-bond acceptors (Lipinski definition) is 6. The maximum Gasteiger partial charge on any atom is 0.275 e. The Balaban J connectivity index is 1.53. The SMILES string of the molecule is CCn1nc(C)c(-c2cc(C(=O)Nc3nc(-c4ccccn4)cs3)[nH]n2)c1C. The monoisotopic (exact) mass is 393 g/mol. The van der Waals surface area contributed by atoms with Crippen LogP contribution in [0.15, 0.2) is 35.8 Å². The van der Waals surface area contributed by atoms with E-state index in [-0.39, 0.29) is 5.91 Å². The van der Waals surface area contributed by atoms with E-state index in [4.69, 9.17) is 0 Å². The van der Waals surface area contributed by atoms with E-state index in [1.807, 2.05) is 49.0 Å². The Bertz CT molecular complexity index is 1130. The van der Waals surface area contributed by atoms with Crippen molar-refractivity contribution >= 4 is 22.4 Å². The number of pyridine rings is 1. The number of carbonyl (C=O) groups excluding carboxylic acids is 1. The van der Waals surface area contributed by atoms with Gasteiger partial charge >= 0.3 is 0 Å². The number of carbonyl (C=O) groups is 1. The zero-order chi connectivity index (χ0) is 19.7. The van der Waals surface area contributed by atoms with Gasteiger partial charge in [0.15, 0.2) is 5.13 Å². The van der Waals surface area contributed by atoms with Gasteiger partial charge in [-0.2, -0.15) is 10.2 Å². The highest BCUT2D eigenvalue weighted by Gasteiger charge is 2.18. The van der Waals surface area contributed by atoms with E-state index in [0.717, 1.165) is 34.9 Å². The molecule has 4 heterocycles. The van der Waals surface area contributed by atoms with Crippen molar-refractivity contribution in [1.82, 2.24) is 29.9 Å². The van der Waals surface area contributed by atoms with Crippen molar-refractivity contribution in [2.45, 2.75) is 27.3 Å². The van der Waals surface area contributed by atoms with E-state index in [0.29, 0.717) is 16.5 Å². The summed E-state index contributed by atoms with van der Waals surface area (Å²) in [6, 6.07) is 7.36. The summed E-state index contributed by atoms with van der Waals surface area (Å²) < 4.78 is 1.92. The van der Waals surface area contributed by atoms with Crippen molar-refractivity contribution in [2.24, 2.45) is 0 Å². The van der Waals surface area contributed by atoms with Crippen LogP contribution in [-0.4, -0.2) is 35.9 Å². The molecule has 0 spiro atoms. The van der Waals surface area contributed by atoms with Gasteiger partial charge in [0.2, 0.25) is 0 Å². The summed E-state index contributed by atoms with van der Waals surface area (Å²) >= 11 is 1.35. The first kappa shape index (κ1) is 18.1. The molecular weight excluding hydrogens is 374 g/mol. The molecule has 0 bridgehead atoms. The largest absolute Gasteiger partial charge is 0.296 e. The van der Waals surface area contributed by atoms with Gasteiger partial charge in [0, 0.05) is 29.4 Å². The van der Waals surface area contributed by atoms with Crippen molar-refractivity contribution in [3.63, 3.8) is 0 Å². The molecule has 0 saturated carbocycles. The lowest BCUT2D eigenvalue weighted by Gasteiger charge is -1.99.